The first kappa shape index (κ1) is 24.4. The van der Waals surface area contributed by atoms with Crippen molar-refractivity contribution in [2.75, 3.05) is 0 Å². The number of nitrogens with zero attached hydrogens (tertiary/aromatic N) is 2. The van der Waals surface area contributed by atoms with E-state index in [0.29, 0.717) is 0 Å². The maximum Gasteiger partial charge on any atom is 0.137 e. The van der Waals surface area contributed by atoms with E-state index >= 15 is 0 Å². The summed E-state index contributed by atoms with van der Waals surface area (Å²) in [5.74, 6) is 0. The third-order valence-corrected chi connectivity index (χ3v) is 9.31. The van der Waals surface area contributed by atoms with E-state index in [2.05, 4.69) is 155 Å². The number of hydrogen-bond acceptors (Lipinski definition) is 1. The molecule has 3 heteroatoms. The Bertz CT molecular complexity index is 2720. The molecule has 3 aromatic heterocycles. The number of hydrogen-bond donors (Lipinski definition) is 0. The Hall–Kier alpha value is -6.06. The van der Waals surface area contributed by atoms with Gasteiger partial charge in [-0.1, -0.05) is 103 Å². The first-order chi connectivity index (χ1) is 22.3. The fraction of sp³-hybridized carbons (Fsp3) is 0. The van der Waals surface area contributed by atoms with Gasteiger partial charge in [0.2, 0.25) is 0 Å². The van der Waals surface area contributed by atoms with Gasteiger partial charge in [-0.3, -0.25) is 0 Å². The number of aromatic nitrogens is 2. The highest BCUT2D eigenvalue weighted by Crippen LogP contribution is 2.40. The van der Waals surface area contributed by atoms with Crippen molar-refractivity contribution in [3.05, 3.63) is 158 Å². The lowest BCUT2D eigenvalue weighted by molar-refractivity contribution is 0.668. The second kappa shape index (κ2) is 9.22. The van der Waals surface area contributed by atoms with Crippen LogP contribution in [0.25, 0.3) is 88.1 Å². The summed E-state index contributed by atoms with van der Waals surface area (Å²) < 4.78 is 11.1. The van der Waals surface area contributed by atoms with Gasteiger partial charge in [0.1, 0.15) is 11.2 Å². The minimum Gasteiger partial charge on any atom is -0.456 e. The normalized spacial score (nSPS) is 12.0. The molecular weight excluding hydrogens is 548 g/mol. The molecule has 0 saturated heterocycles. The quantitative estimate of drug-likeness (QED) is 0.206. The molecule has 0 aliphatic heterocycles. The molecule has 0 spiro atoms. The van der Waals surface area contributed by atoms with Gasteiger partial charge in [0.05, 0.1) is 22.1 Å². The fourth-order valence-electron chi connectivity index (χ4n) is 7.39. The standard InChI is InChI=1S/C42H26N2O/c1-5-19-37-31(13-1)32-14-2-6-20-38(32)43(37)28-12-9-11-27(25-28)30-17-10-18-36-33-15-3-7-21-39(33)44(42(30)36)29-23-24-35-34-16-4-8-22-40(34)45-41(35)26-29/h1-26H. The molecule has 7 aromatic carbocycles. The van der Waals surface area contributed by atoms with Crippen LogP contribution >= 0.6 is 0 Å². The van der Waals surface area contributed by atoms with Gasteiger partial charge in [-0.25, -0.2) is 0 Å². The molecule has 0 radical (unpaired) electrons. The van der Waals surface area contributed by atoms with Gasteiger partial charge < -0.3 is 13.6 Å². The van der Waals surface area contributed by atoms with Crippen LogP contribution in [0.5, 0.6) is 0 Å². The zero-order valence-corrected chi connectivity index (χ0v) is 24.3. The zero-order chi connectivity index (χ0) is 29.5. The van der Waals surface area contributed by atoms with Crippen LogP contribution in [0.3, 0.4) is 0 Å². The van der Waals surface area contributed by atoms with E-state index in [4.69, 9.17) is 4.42 Å². The molecule has 0 atom stereocenters. The highest BCUT2D eigenvalue weighted by atomic mass is 16.3. The minimum absolute atomic E-state index is 0.894. The lowest BCUT2D eigenvalue weighted by Gasteiger charge is -2.14. The van der Waals surface area contributed by atoms with Crippen LogP contribution in [-0.4, -0.2) is 9.13 Å². The van der Waals surface area contributed by atoms with E-state index in [9.17, 15) is 0 Å². The van der Waals surface area contributed by atoms with Crippen LogP contribution in [-0.2, 0) is 0 Å². The summed E-state index contributed by atoms with van der Waals surface area (Å²) in [5.41, 5.74) is 11.2. The number of fused-ring (bicyclic) bond motifs is 9. The molecule has 0 aliphatic carbocycles. The second-order valence-electron chi connectivity index (χ2n) is 11.8. The predicted molar refractivity (Wildman–Crippen MR) is 188 cm³/mol. The minimum atomic E-state index is 0.894. The Morgan fingerprint density at radius 2 is 0.911 bits per heavy atom. The van der Waals surface area contributed by atoms with Gasteiger partial charge in [-0.2, -0.15) is 0 Å². The van der Waals surface area contributed by atoms with E-state index in [0.717, 1.165) is 33.3 Å². The summed E-state index contributed by atoms with van der Waals surface area (Å²) in [6.07, 6.45) is 0. The Balaban J connectivity index is 1.25. The monoisotopic (exact) mass is 574 g/mol. The molecule has 0 bridgehead atoms. The summed E-state index contributed by atoms with van der Waals surface area (Å²) >= 11 is 0. The molecule has 0 aliphatic rings. The van der Waals surface area contributed by atoms with E-state index < -0.39 is 0 Å². The average molecular weight is 575 g/mol. The third-order valence-electron chi connectivity index (χ3n) is 9.31. The van der Waals surface area contributed by atoms with Crippen LogP contribution in [0, 0.1) is 0 Å². The molecule has 45 heavy (non-hydrogen) atoms. The lowest BCUT2D eigenvalue weighted by atomic mass is 10.0. The SMILES string of the molecule is c1cc(-c2cccc3c4ccccc4n(-c4ccc5c(c4)oc4ccccc45)c23)cc(-n2c3ccccc3c3ccccc32)c1. The summed E-state index contributed by atoms with van der Waals surface area (Å²) in [6.45, 7) is 0. The van der Waals surface area contributed by atoms with Gasteiger partial charge in [0, 0.05) is 55.3 Å². The van der Waals surface area contributed by atoms with Crippen molar-refractivity contribution in [1.29, 1.82) is 0 Å². The fourth-order valence-corrected chi connectivity index (χ4v) is 7.39. The second-order valence-corrected chi connectivity index (χ2v) is 11.8. The summed E-state index contributed by atoms with van der Waals surface area (Å²) in [5, 5.41) is 7.27. The van der Waals surface area contributed by atoms with E-state index in [1.807, 2.05) is 12.1 Å². The average Bonchev–Trinajstić information content (AvgIpc) is 3.76. The molecule has 10 rings (SSSR count). The highest BCUT2D eigenvalue weighted by molar-refractivity contribution is 6.14. The molecule has 0 fully saturated rings. The van der Waals surface area contributed by atoms with Crippen molar-refractivity contribution in [2.24, 2.45) is 0 Å². The van der Waals surface area contributed by atoms with Gasteiger partial charge in [0.25, 0.3) is 0 Å². The van der Waals surface area contributed by atoms with Crippen LogP contribution in [0.15, 0.2) is 162 Å². The maximum atomic E-state index is 6.34. The van der Waals surface area contributed by atoms with Crippen LogP contribution < -0.4 is 0 Å². The number of furan rings is 1. The van der Waals surface area contributed by atoms with Crippen molar-refractivity contribution >= 4 is 65.6 Å². The summed E-state index contributed by atoms with van der Waals surface area (Å²) in [4.78, 5) is 0. The molecule has 0 amide bonds. The molecule has 0 unspecified atom stereocenters. The van der Waals surface area contributed by atoms with Crippen LogP contribution in [0.2, 0.25) is 0 Å². The largest absolute Gasteiger partial charge is 0.456 e. The Labute approximate surface area is 258 Å². The van der Waals surface area contributed by atoms with E-state index in [1.165, 1.54) is 54.7 Å². The van der Waals surface area contributed by atoms with Crippen LogP contribution in [0.1, 0.15) is 0 Å². The van der Waals surface area contributed by atoms with E-state index in [-0.39, 0.29) is 0 Å². The molecule has 0 saturated carbocycles. The predicted octanol–water partition coefficient (Wildman–Crippen LogP) is 11.4. The maximum absolute atomic E-state index is 6.34. The van der Waals surface area contributed by atoms with Crippen molar-refractivity contribution in [1.82, 2.24) is 9.13 Å². The molecule has 0 N–H and O–H groups in total. The molecule has 210 valence electrons. The van der Waals surface area contributed by atoms with Gasteiger partial charge in [-0.05, 0) is 54.1 Å². The Morgan fingerprint density at radius 1 is 0.356 bits per heavy atom. The third kappa shape index (κ3) is 3.46. The van der Waals surface area contributed by atoms with Crippen molar-refractivity contribution in [2.45, 2.75) is 0 Å². The molecular formula is C42H26N2O. The van der Waals surface area contributed by atoms with Crippen LogP contribution in [0.4, 0.5) is 0 Å². The van der Waals surface area contributed by atoms with Gasteiger partial charge in [-0.15, -0.1) is 0 Å². The Morgan fingerprint density at radius 3 is 1.67 bits per heavy atom. The van der Waals surface area contributed by atoms with Gasteiger partial charge in [0.15, 0.2) is 0 Å². The van der Waals surface area contributed by atoms with E-state index in [1.54, 1.807) is 0 Å². The summed E-state index contributed by atoms with van der Waals surface area (Å²) in [6, 6.07) is 56.6. The van der Waals surface area contributed by atoms with Crippen molar-refractivity contribution in [3.8, 4) is 22.5 Å². The summed E-state index contributed by atoms with van der Waals surface area (Å²) in [7, 11) is 0. The Kier molecular flexibility index (Phi) is 5.00. The zero-order valence-electron chi connectivity index (χ0n) is 24.3. The highest BCUT2D eigenvalue weighted by Gasteiger charge is 2.18. The molecule has 3 nitrogen and oxygen atoms in total. The first-order valence-electron chi connectivity index (χ1n) is 15.4. The van der Waals surface area contributed by atoms with Gasteiger partial charge >= 0.3 is 0 Å². The topological polar surface area (TPSA) is 23.0 Å². The first-order valence-corrected chi connectivity index (χ1v) is 15.4. The van der Waals surface area contributed by atoms with Crippen molar-refractivity contribution < 1.29 is 4.42 Å². The smallest absolute Gasteiger partial charge is 0.137 e. The van der Waals surface area contributed by atoms with Crippen molar-refractivity contribution in [3.63, 3.8) is 0 Å². The number of rotatable bonds is 3. The lowest BCUT2D eigenvalue weighted by Crippen LogP contribution is -1.97. The molecule has 3 heterocycles. The molecule has 10 aromatic rings. The number of benzene rings is 7. The number of para-hydroxylation sites is 5.